The van der Waals surface area contributed by atoms with Gasteiger partial charge in [-0.2, -0.15) is 5.26 Å². The molecule has 2 N–H and O–H groups in total. The van der Waals surface area contributed by atoms with Crippen LogP contribution in [-0.2, 0) is 4.74 Å². The third-order valence-electron chi connectivity index (χ3n) is 3.05. The molecule has 1 heterocycles. The molecule has 0 saturated carbocycles. The van der Waals surface area contributed by atoms with E-state index in [2.05, 4.69) is 26.9 Å². The van der Waals surface area contributed by atoms with Crippen LogP contribution in [0.4, 0.5) is 5.69 Å². The molecule has 0 radical (unpaired) electrons. The van der Waals surface area contributed by atoms with Gasteiger partial charge in [0, 0.05) is 17.1 Å². The molecule has 5 heteroatoms. The number of benzene rings is 1. The highest BCUT2D eigenvalue weighted by molar-refractivity contribution is 9.10. The van der Waals surface area contributed by atoms with E-state index >= 15 is 0 Å². The van der Waals surface area contributed by atoms with Crippen molar-refractivity contribution >= 4 is 21.6 Å². The van der Waals surface area contributed by atoms with E-state index in [9.17, 15) is 0 Å². The Morgan fingerprint density at radius 2 is 2.39 bits per heavy atom. The minimum Gasteiger partial charge on any atom is -0.365 e. The Morgan fingerprint density at radius 1 is 1.61 bits per heavy atom. The van der Waals surface area contributed by atoms with E-state index in [-0.39, 0.29) is 12.1 Å². The van der Waals surface area contributed by atoms with Gasteiger partial charge < -0.3 is 15.4 Å². The lowest BCUT2D eigenvalue weighted by molar-refractivity contribution is 0.0764. The van der Waals surface area contributed by atoms with Crippen molar-refractivity contribution in [3.05, 3.63) is 28.2 Å². The van der Waals surface area contributed by atoms with Crippen LogP contribution < -0.4 is 10.6 Å². The zero-order valence-electron chi connectivity index (χ0n) is 10.3. The van der Waals surface area contributed by atoms with Gasteiger partial charge in [0.15, 0.2) is 6.10 Å². The molecule has 18 heavy (non-hydrogen) atoms. The molecule has 96 valence electrons. The summed E-state index contributed by atoms with van der Waals surface area (Å²) >= 11 is 3.57. The molecule has 0 aromatic heterocycles. The van der Waals surface area contributed by atoms with E-state index < -0.39 is 0 Å². The summed E-state index contributed by atoms with van der Waals surface area (Å²) in [6.07, 6.45) is -0.348. The van der Waals surface area contributed by atoms with E-state index in [0.717, 1.165) is 22.3 Å². The Morgan fingerprint density at radius 3 is 3.00 bits per heavy atom. The molecule has 0 aliphatic carbocycles. The third kappa shape index (κ3) is 2.83. The van der Waals surface area contributed by atoms with Crippen molar-refractivity contribution in [3.63, 3.8) is 0 Å². The summed E-state index contributed by atoms with van der Waals surface area (Å²) < 4.78 is 6.35. The van der Waals surface area contributed by atoms with Crippen molar-refractivity contribution in [2.24, 2.45) is 5.73 Å². The first kappa shape index (κ1) is 13.3. The van der Waals surface area contributed by atoms with Gasteiger partial charge in [-0.1, -0.05) is 6.07 Å². The van der Waals surface area contributed by atoms with Crippen molar-refractivity contribution in [3.8, 4) is 6.07 Å². The van der Waals surface area contributed by atoms with Crippen LogP contribution in [0.2, 0.25) is 0 Å². The number of halogens is 1. The lowest BCUT2D eigenvalue weighted by Gasteiger charge is -2.32. The topological polar surface area (TPSA) is 62.3 Å². The zero-order chi connectivity index (χ0) is 13.1. The Balaban J connectivity index is 2.21. The maximum atomic E-state index is 8.91. The fourth-order valence-electron chi connectivity index (χ4n) is 2.01. The molecule has 0 spiro atoms. The van der Waals surface area contributed by atoms with Crippen LogP contribution in [0.5, 0.6) is 0 Å². The summed E-state index contributed by atoms with van der Waals surface area (Å²) in [5.41, 5.74) is 8.04. The van der Waals surface area contributed by atoms with Crippen molar-refractivity contribution < 1.29 is 4.74 Å². The maximum absolute atomic E-state index is 8.91. The average molecular weight is 310 g/mol. The van der Waals surface area contributed by atoms with Gasteiger partial charge >= 0.3 is 0 Å². The van der Waals surface area contributed by atoms with Gasteiger partial charge in [0.1, 0.15) is 0 Å². The van der Waals surface area contributed by atoms with E-state index in [1.54, 1.807) is 0 Å². The predicted molar refractivity (Wildman–Crippen MR) is 74.3 cm³/mol. The molecule has 4 nitrogen and oxygen atoms in total. The molecule has 1 unspecified atom stereocenters. The Hall–Kier alpha value is -1.09. The summed E-state index contributed by atoms with van der Waals surface area (Å²) in [6.45, 7) is 3.95. The first-order chi connectivity index (χ1) is 8.61. The lowest BCUT2D eigenvalue weighted by Crippen LogP contribution is -2.42. The van der Waals surface area contributed by atoms with Crippen LogP contribution in [0.15, 0.2) is 22.7 Å². The largest absolute Gasteiger partial charge is 0.365 e. The van der Waals surface area contributed by atoms with E-state index in [0.29, 0.717) is 13.2 Å². The van der Waals surface area contributed by atoms with Gasteiger partial charge in [0.05, 0.1) is 24.9 Å². The van der Waals surface area contributed by atoms with Gasteiger partial charge in [-0.3, -0.25) is 0 Å². The molecule has 1 aromatic carbocycles. The first-order valence-electron chi connectivity index (χ1n) is 5.93. The van der Waals surface area contributed by atoms with Crippen LogP contribution in [0.1, 0.15) is 18.5 Å². The number of nitriles is 1. The molecule has 1 fully saturated rings. The number of ether oxygens (including phenoxy) is 1. The minimum atomic E-state index is -0.348. The molecule has 1 aliphatic rings. The van der Waals surface area contributed by atoms with Crippen molar-refractivity contribution in [1.29, 1.82) is 5.26 Å². The second kappa shape index (κ2) is 5.70. The van der Waals surface area contributed by atoms with Gasteiger partial charge in [-0.05, 0) is 40.5 Å². The highest BCUT2D eigenvalue weighted by atomic mass is 79.9. The number of rotatable bonds is 2. The fourth-order valence-corrected chi connectivity index (χ4v) is 2.66. The van der Waals surface area contributed by atoms with Gasteiger partial charge in [0.2, 0.25) is 0 Å². The van der Waals surface area contributed by atoms with E-state index in [1.807, 2.05) is 25.1 Å². The average Bonchev–Trinajstić information content (AvgIpc) is 2.38. The van der Waals surface area contributed by atoms with Crippen molar-refractivity contribution in [2.75, 3.05) is 24.6 Å². The molecule has 1 aliphatic heterocycles. The summed E-state index contributed by atoms with van der Waals surface area (Å²) in [5.74, 6) is 0. The Kier molecular flexibility index (Phi) is 4.23. The maximum Gasteiger partial charge on any atom is 0.161 e. The van der Waals surface area contributed by atoms with Crippen molar-refractivity contribution in [2.45, 2.75) is 19.1 Å². The number of morpholine rings is 1. The second-order valence-corrected chi connectivity index (χ2v) is 5.29. The summed E-state index contributed by atoms with van der Waals surface area (Å²) in [5, 5.41) is 8.91. The third-order valence-corrected chi connectivity index (χ3v) is 3.68. The van der Waals surface area contributed by atoms with Gasteiger partial charge in [-0.25, -0.2) is 0 Å². The smallest absolute Gasteiger partial charge is 0.161 e. The van der Waals surface area contributed by atoms with Crippen LogP contribution in [0.25, 0.3) is 0 Å². The SMILES string of the molecule is C[C@@H](N)c1ccc(N2CCOC(C#N)C2)c(Br)c1. The minimum absolute atomic E-state index is 0.0203. The first-order valence-corrected chi connectivity index (χ1v) is 6.72. The van der Waals surface area contributed by atoms with Crippen LogP contribution in [0, 0.1) is 11.3 Å². The number of nitrogens with zero attached hydrogens (tertiary/aromatic N) is 2. The van der Waals surface area contributed by atoms with Crippen molar-refractivity contribution in [1.82, 2.24) is 0 Å². The normalized spacial score (nSPS) is 21.4. The molecule has 2 rings (SSSR count). The molecular weight excluding hydrogens is 294 g/mol. The summed E-state index contributed by atoms with van der Waals surface area (Å²) in [6, 6.07) is 8.29. The van der Waals surface area contributed by atoms with Crippen LogP contribution >= 0.6 is 15.9 Å². The summed E-state index contributed by atoms with van der Waals surface area (Å²) in [7, 11) is 0. The second-order valence-electron chi connectivity index (χ2n) is 4.43. The quantitative estimate of drug-likeness (QED) is 0.909. The lowest BCUT2D eigenvalue weighted by atomic mass is 10.1. The molecule has 1 aromatic rings. The summed E-state index contributed by atoms with van der Waals surface area (Å²) in [4.78, 5) is 2.16. The molecule has 0 amide bonds. The van der Waals surface area contributed by atoms with Gasteiger partial charge in [-0.15, -0.1) is 0 Å². The van der Waals surface area contributed by atoms with E-state index in [1.165, 1.54) is 0 Å². The molecule has 1 saturated heterocycles. The number of hydrogen-bond acceptors (Lipinski definition) is 4. The highest BCUT2D eigenvalue weighted by Gasteiger charge is 2.21. The van der Waals surface area contributed by atoms with Gasteiger partial charge in [0.25, 0.3) is 0 Å². The monoisotopic (exact) mass is 309 g/mol. The van der Waals surface area contributed by atoms with Crippen LogP contribution in [0.3, 0.4) is 0 Å². The molecule has 2 atom stereocenters. The predicted octanol–water partition coefficient (Wildman–Crippen LogP) is 2.20. The number of nitrogens with two attached hydrogens (primary N) is 1. The number of anilines is 1. The fraction of sp³-hybridized carbons (Fsp3) is 0.462. The molecule has 0 bridgehead atoms. The number of hydrogen-bond donors (Lipinski definition) is 1. The zero-order valence-corrected chi connectivity index (χ0v) is 11.9. The Labute approximate surface area is 115 Å². The highest BCUT2D eigenvalue weighted by Crippen LogP contribution is 2.30. The Bertz CT molecular complexity index is 470. The standard InChI is InChI=1S/C13H16BrN3O/c1-9(16)10-2-3-13(12(14)6-10)17-4-5-18-11(7-15)8-17/h2-3,6,9,11H,4-5,8,16H2,1H3/t9-,11?/m1/s1. The van der Waals surface area contributed by atoms with Crippen LogP contribution in [-0.4, -0.2) is 25.8 Å². The van der Waals surface area contributed by atoms with E-state index in [4.69, 9.17) is 15.7 Å². The molecular formula is C13H16BrN3O.